The molecule has 0 bridgehead atoms. The fourth-order valence-corrected chi connectivity index (χ4v) is 3.12. The van der Waals surface area contributed by atoms with E-state index < -0.39 is 5.97 Å². The smallest absolute Gasteiger partial charge is 0.307 e. The van der Waals surface area contributed by atoms with Crippen molar-refractivity contribution in [2.24, 2.45) is 5.92 Å². The van der Waals surface area contributed by atoms with E-state index in [1.54, 1.807) is 0 Å². The number of carbonyl (C=O) groups is 2. The van der Waals surface area contributed by atoms with Crippen LogP contribution in [-0.4, -0.2) is 16.9 Å². The molecule has 2 aromatic rings. The summed E-state index contributed by atoms with van der Waals surface area (Å²) in [6.07, 6.45) is 4.21. The third-order valence-electron chi connectivity index (χ3n) is 4.53. The van der Waals surface area contributed by atoms with Gasteiger partial charge in [-0.1, -0.05) is 61.5 Å². The normalized spacial score (nSPS) is 11.9. The topological polar surface area (TPSA) is 54.4 Å². The van der Waals surface area contributed by atoms with Crippen molar-refractivity contribution in [2.45, 2.75) is 45.4 Å². The van der Waals surface area contributed by atoms with Gasteiger partial charge in [-0.25, -0.2) is 0 Å². The zero-order valence-corrected chi connectivity index (χ0v) is 14.8. The number of hydrogen-bond donors (Lipinski definition) is 1. The number of carboxylic acid groups (broad SMARTS) is 1. The Hall–Kier alpha value is -2.42. The molecule has 3 nitrogen and oxygen atoms in total. The zero-order valence-electron chi connectivity index (χ0n) is 14.8. The molecule has 3 heteroatoms. The summed E-state index contributed by atoms with van der Waals surface area (Å²) >= 11 is 0. The van der Waals surface area contributed by atoms with Gasteiger partial charge in [0.25, 0.3) is 0 Å². The molecule has 0 heterocycles. The largest absolute Gasteiger partial charge is 0.481 e. The van der Waals surface area contributed by atoms with E-state index in [4.69, 9.17) is 5.11 Å². The van der Waals surface area contributed by atoms with E-state index in [-0.39, 0.29) is 12.3 Å². The lowest BCUT2D eigenvalue weighted by atomic mass is 9.88. The number of carbonyl (C=O) groups excluding carboxylic acids is 1. The van der Waals surface area contributed by atoms with Gasteiger partial charge in [-0.2, -0.15) is 0 Å². The molecule has 132 valence electrons. The van der Waals surface area contributed by atoms with Gasteiger partial charge >= 0.3 is 5.97 Å². The Morgan fingerprint density at radius 3 is 2.16 bits per heavy atom. The van der Waals surface area contributed by atoms with E-state index in [0.29, 0.717) is 12.2 Å². The minimum atomic E-state index is -0.826. The van der Waals surface area contributed by atoms with Crippen LogP contribution in [0.4, 0.5) is 0 Å². The van der Waals surface area contributed by atoms with Gasteiger partial charge in [-0.3, -0.25) is 9.59 Å². The molecule has 0 aliphatic carbocycles. The third kappa shape index (κ3) is 6.54. The molecule has 0 fully saturated rings. The maximum atomic E-state index is 12.3. The Bertz CT molecular complexity index is 674. The molecule has 0 spiro atoms. The van der Waals surface area contributed by atoms with Crippen LogP contribution < -0.4 is 0 Å². The molecule has 0 saturated heterocycles. The average Bonchev–Trinajstić information content (AvgIpc) is 2.62. The predicted octanol–water partition coefficient (Wildman–Crippen LogP) is 4.47. The van der Waals surface area contributed by atoms with Crippen molar-refractivity contribution in [2.75, 3.05) is 0 Å². The van der Waals surface area contributed by atoms with E-state index in [1.807, 2.05) is 49.4 Å². The molecule has 1 atom stereocenters. The van der Waals surface area contributed by atoms with E-state index in [9.17, 15) is 9.59 Å². The second-order valence-corrected chi connectivity index (χ2v) is 6.49. The number of rotatable bonds is 10. The standard InChI is InChI=1S/C22H26O3/c1-2-21(23)20(10-6-9-17-7-4-3-5-8-17)15-18-11-13-19(14-12-18)16-22(24)25/h3-5,7-8,11-14,20H,2,6,9-10,15-16H2,1H3,(H,24,25). The molecule has 2 rings (SSSR count). The highest BCUT2D eigenvalue weighted by molar-refractivity contribution is 5.81. The van der Waals surface area contributed by atoms with Gasteiger partial charge in [0, 0.05) is 12.3 Å². The van der Waals surface area contributed by atoms with Gasteiger partial charge in [0.2, 0.25) is 0 Å². The maximum absolute atomic E-state index is 12.3. The minimum absolute atomic E-state index is 0.0364. The van der Waals surface area contributed by atoms with Crippen LogP contribution in [0.25, 0.3) is 0 Å². The van der Waals surface area contributed by atoms with Gasteiger partial charge in [-0.05, 0) is 42.4 Å². The fourth-order valence-electron chi connectivity index (χ4n) is 3.12. The van der Waals surface area contributed by atoms with Gasteiger partial charge < -0.3 is 5.11 Å². The van der Waals surface area contributed by atoms with Gasteiger partial charge in [0.15, 0.2) is 0 Å². The molecule has 0 saturated carbocycles. The van der Waals surface area contributed by atoms with E-state index in [2.05, 4.69) is 12.1 Å². The number of carboxylic acids is 1. The molecule has 0 aromatic heterocycles. The lowest BCUT2D eigenvalue weighted by Gasteiger charge is -2.15. The minimum Gasteiger partial charge on any atom is -0.481 e. The second kappa shape index (κ2) is 9.77. The fraction of sp³-hybridized carbons (Fsp3) is 0.364. The van der Waals surface area contributed by atoms with Crippen LogP contribution in [0, 0.1) is 5.92 Å². The van der Waals surface area contributed by atoms with E-state index in [0.717, 1.165) is 36.8 Å². The summed E-state index contributed by atoms with van der Waals surface area (Å²) in [5.74, 6) is -0.477. The highest BCUT2D eigenvalue weighted by Crippen LogP contribution is 2.19. The van der Waals surface area contributed by atoms with Crippen LogP contribution in [0.5, 0.6) is 0 Å². The SMILES string of the molecule is CCC(=O)C(CCCc1ccccc1)Cc1ccc(CC(=O)O)cc1. The van der Waals surface area contributed by atoms with Gasteiger partial charge in [0.1, 0.15) is 5.78 Å². The molecule has 0 radical (unpaired) electrons. The molecular weight excluding hydrogens is 312 g/mol. The van der Waals surface area contributed by atoms with Crippen molar-refractivity contribution in [1.82, 2.24) is 0 Å². The van der Waals surface area contributed by atoms with Crippen molar-refractivity contribution >= 4 is 11.8 Å². The molecule has 1 unspecified atom stereocenters. The highest BCUT2D eigenvalue weighted by Gasteiger charge is 2.17. The number of ketones is 1. The van der Waals surface area contributed by atoms with Crippen molar-refractivity contribution in [1.29, 1.82) is 0 Å². The molecule has 2 aromatic carbocycles. The Morgan fingerprint density at radius 2 is 1.56 bits per heavy atom. The number of aliphatic carboxylic acids is 1. The van der Waals surface area contributed by atoms with Crippen LogP contribution in [0.3, 0.4) is 0 Å². The monoisotopic (exact) mass is 338 g/mol. The second-order valence-electron chi connectivity index (χ2n) is 6.49. The number of Topliss-reactive ketones (excluding diaryl/α,β-unsaturated/α-hetero) is 1. The first-order chi connectivity index (χ1) is 12.1. The summed E-state index contributed by atoms with van der Waals surface area (Å²) in [7, 11) is 0. The molecular formula is C22H26O3. The van der Waals surface area contributed by atoms with Crippen LogP contribution in [0.2, 0.25) is 0 Å². The van der Waals surface area contributed by atoms with Crippen molar-refractivity contribution in [3.63, 3.8) is 0 Å². The average molecular weight is 338 g/mol. The Kier molecular flexibility index (Phi) is 7.39. The third-order valence-corrected chi connectivity index (χ3v) is 4.53. The Balaban J connectivity index is 1.93. The van der Waals surface area contributed by atoms with Crippen LogP contribution in [-0.2, 0) is 28.9 Å². The van der Waals surface area contributed by atoms with Crippen LogP contribution in [0.15, 0.2) is 54.6 Å². The summed E-state index contributed by atoms with van der Waals surface area (Å²) in [6, 6.07) is 17.9. The van der Waals surface area contributed by atoms with Crippen molar-refractivity contribution in [3.05, 3.63) is 71.3 Å². The van der Waals surface area contributed by atoms with Crippen LogP contribution >= 0.6 is 0 Å². The number of benzene rings is 2. The molecule has 25 heavy (non-hydrogen) atoms. The first-order valence-electron chi connectivity index (χ1n) is 8.94. The Labute approximate surface area is 149 Å². The Morgan fingerprint density at radius 1 is 0.920 bits per heavy atom. The van der Waals surface area contributed by atoms with Gasteiger partial charge in [-0.15, -0.1) is 0 Å². The first kappa shape index (κ1) is 18.9. The highest BCUT2D eigenvalue weighted by atomic mass is 16.4. The molecule has 0 amide bonds. The molecule has 0 aliphatic heterocycles. The summed E-state index contributed by atoms with van der Waals surface area (Å²) in [6.45, 7) is 1.92. The molecule has 0 aliphatic rings. The number of hydrogen-bond acceptors (Lipinski definition) is 2. The number of aryl methyl sites for hydroxylation is 1. The zero-order chi connectivity index (χ0) is 18.1. The summed E-state index contributed by atoms with van der Waals surface area (Å²) < 4.78 is 0. The maximum Gasteiger partial charge on any atom is 0.307 e. The predicted molar refractivity (Wildman–Crippen MR) is 99.7 cm³/mol. The summed E-state index contributed by atoms with van der Waals surface area (Å²) in [4.78, 5) is 23.0. The molecule has 1 N–H and O–H groups in total. The first-order valence-corrected chi connectivity index (χ1v) is 8.94. The van der Waals surface area contributed by atoms with Crippen molar-refractivity contribution < 1.29 is 14.7 Å². The quantitative estimate of drug-likeness (QED) is 0.695. The lowest BCUT2D eigenvalue weighted by Crippen LogP contribution is -2.16. The van der Waals surface area contributed by atoms with Crippen molar-refractivity contribution in [3.8, 4) is 0 Å². The van der Waals surface area contributed by atoms with E-state index >= 15 is 0 Å². The van der Waals surface area contributed by atoms with E-state index in [1.165, 1.54) is 5.56 Å². The lowest BCUT2D eigenvalue weighted by molar-refractivity contribution is -0.136. The van der Waals surface area contributed by atoms with Gasteiger partial charge in [0.05, 0.1) is 6.42 Å². The van der Waals surface area contributed by atoms with Crippen LogP contribution in [0.1, 0.15) is 42.9 Å². The summed E-state index contributed by atoms with van der Waals surface area (Å²) in [5.41, 5.74) is 3.20. The summed E-state index contributed by atoms with van der Waals surface area (Å²) in [5, 5.41) is 8.83.